The minimum Gasteiger partial charge on any atom is -0.378 e. The van der Waals surface area contributed by atoms with Gasteiger partial charge in [0.2, 0.25) is 0 Å². The number of ether oxygens (including phenoxy) is 1. The van der Waals surface area contributed by atoms with E-state index in [-0.39, 0.29) is 24.0 Å². The fourth-order valence-electron chi connectivity index (χ4n) is 3.67. The van der Waals surface area contributed by atoms with Crippen molar-refractivity contribution in [1.29, 1.82) is 0 Å². The first-order valence-corrected chi connectivity index (χ1v) is 7.91. The van der Waals surface area contributed by atoms with Crippen LogP contribution in [-0.2, 0) is 4.74 Å². The molecule has 2 fully saturated rings. The van der Waals surface area contributed by atoms with Gasteiger partial charge >= 0.3 is 0 Å². The third-order valence-electron chi connectivity index (χ3n) is 4.80. The second kappa shape index (κ2) is 8.41. The maximum atomic E-state index is 5.99. The van der Waals surface area contributed by atoms with Crippen LogP contribution in [0.3, 0.4) is 0 Å². The summed E-state index contributed by atoms with van der Waals surface area (Å²) in [7, 11) is 0. The normalized spacial score (nSPS) is 28.0. The van der Waals surface area contributed by atoms with Gasteiger partial charge in [-0.2, -0.15) is 0 Å². The molecule has 1 spiro atoms. The highest BCUT2D eigenvalue weighted by atomic mass is 127. The van der Waals surface area contributed by atoms with Gasteiger partial charge in [0, 0.05) is 24.6 Å². The Hall–Kier alpha value is -0.0400. The van der Waals surface area contributed by atoms with Crippen molar-refractivity contribution in [1.82, 2.24) is 5.32 Å². The summed E-state index contributed by atoms with van der Waals surface area (Å²) < 4.78 is 5.91. The fourth-order valence-corrected chi connectivity index (χ4v) is 3.67. The third kappa shape index (κ3) is 3.78. The van der Waals surface area contributed by atoms with Gasteiger partial charge in [0.25, 0.3) is 0 Å². The second-order valence-corrected chi connectivity index (χ2v) is 5.94. The molecule has 0 bridgehead atoms. The molecule has 0 aliphatic heterocycles. The largest absolute Gasteiger partial charge is 0.378 e. The summed E-state index contributed by atoms with van der Waals surface area (Å²) in [4.78, 5) is 4.40. The van der Waals surface area contributed by atoms with Crippen LogP contribution in [0.4, 0.5) is 0 Å². The Morgan fingerprint density at radius 3 is 2.65 bits per heavy atom. The number of nitrogens with two attached hydrogens (primary N) is 1. The second-order valence-electron chi connectivity index (χ2n) is 5.94. The van der Waals surface area contributed by atoms with E-state index in [1.807, 2.05) is 0 Å². The number of unbranched alkanes of at least 4 members (excludes halogenated alkanes) is 1. The number of nitrogens with zero attached hydrogens (tertiary/aromatic N) is 1. The molecule has 20 heavy (non-hydrogen) atoms. The van der Waals surface area contributed by atoms with Crippen molar-refractivity contribution in [3.63, 3.8) is 0 Å². The Bertz CT molecular complexity index is 316. The lowest BCUT2D eigenvalue weighted by atomic mass is 9.60. The molecule has 0 radical (unpaired) electrons. The quantitative estimate of drug-likeness (QED) is 0.315. The minimum absolute atomic E-state index is 0. The SMILES string of the molecule is CCCCN=C(N)NC1CC(OCC)C12CCCC2.I. The predicted octanol–water partition coefficient (Wildman–Crippen LogP) is 3.05. The number of hydrogen-bond donors (Lipinski definition) is 2. The van der Waals surface area contributed by atoms with E-state index >= 15 is 0 Å². The molecule has 3 N–H and O–H groups in total. The van der Waals surface area contributed by atoms with Crippen molar-refractivity contribution in [3.8, 4) is 0 Å². The summed E-state index contributed by atoms with van der Waals surface area (Å²) in [5.41, 5.74) is 6.33. The molecule has 2 atom stereocenters. The van der Waals surface area contributed by atoms with Crippen molar-refractivity contribution in [2.24, 2.45) is 16.1 Å². The van der Waals surface area contributed by atoms with Gasteiger partial charge < -0.3 is 15.8 Å². The van der Waals surface area contributed by atoms with Crippen LogP contribution < -0.4 is 11.1 Å². The van der Waals surface area contributed by atoms with Gasteiger partial charge in [0.15, 0.2) is 5.96 Å². The molecule has 0 aromatic carbocycles. The third-order valence-corrected chi connectivity index (χ3v) is 4.80. The van der Waals surface area contributed by atoms with Crippen LogP contribution in [0.15, 0.2) is 4.99 Å². The number of hydrogen-bond acceptors (Lipinski definition) is 2. The number of halogens is 1. The monoisotopic (exact) mass is 395 g/mol. The van der Waals surface area contributed by atoms with E-state index in [0.29, 0.717) is 23.5 Å². The van der Waals surface area contributed by atoms with Crippen LogP contribution in [0.5, 0.6) is 0 Å². The molecule has 2 aliphatic rings. The Labute approximate surface area is 140 Å². The van der Waals surface area contributed by atoms with Gasteiger partial charge in [-0.15, -0.1) is 24.0 Å². The minimum atomic E-state index is 0. The predicted molar refractivity (Wildman–Crippen MR) is 94.7 cm³/mol. The molecular formula is C15H30IN3O. The molecular weight excluding hydrogens is 365 g/mol. The highest BCUT2D eigenvalue weighted by Gasteiger charge is 2.56. The highest BCUT2D eigenvalue weighted by molar-refractivity contribution is 14.0. The molecule has 118 valence electrons. The molecule has 2 rings (SSSR count). The summed E-state index contributed by atoms with van der Waals surface area (Å²) in [5, 5.41) is 3.44. The van der Waals surface area contributed by atoms with Crippen LogP contribution in [0, 0.1) is 5.41 Å². The van der Waals surface area contributed by atoms with E-state index in [0.717, 1.165) is 32.4 Å². The lowest BCUT2D eigenvalue weighted by Crippen LogP contribution is -2.64. The van der Waals surface area contributed by atoms with Crippen LogP contribution in [0.2, 0.25) is 0 Å². The topological polar surface area (TPSA) is 59.6 Å². The van der Waals surface area contributed by atoms with Crippen molar-refractivity contribution in [2.45, 2.75) is 70.9 Å². The first kappa shape index (κ1) is 18.0. The summed E-state index contributed by atoms with van der Waals surface area (Å²) in [5.74, 6) is 0.625. The van der Waals surface area contributed by atoms with E-state index in [1.165, 1.54) is 25.7 Å². The highest BCUT2D eigenvalue weighted by Crippen LogP contribution is 2.54. The molecule has 0 aromatic heterocycles. The first-order chi connectivity index (χ1) is 9.23. The van der Waals surface area contributed by atoms with Gasteiger partial charge in [-0.25, -0.2) is 0 Å². The van der Waals surface area contributed by atoms with E-state index in [1.54, 1.807) is 0 Å². The van der Waals surface area contributed by atoms with Crippen molar-refractivity contribution >= 4 is 29.9 Å². The zero-order chi connectivity index (χ0) is 13.7. The maximum absolute atomic E-state index is 5.99. The smallest absolute Gasteiger partial charge is 0.188 e. The van der Waals surface area contributed by atoms with Crippen LogP contribution >= 0.6 is 24.0 Å². The fraction of sp³-hybridized carbons (Fsp3) is 0.933. The number of nitrogens with one attached hydrogen (secondary N) is 1. The average Bonchev–Trinajstić information content (AvgIpc) is 2.90. The molecule has 0 heterocycles. The molecule has 5 heteroatoms. The Kier molecular flexibility index (Phi) is 7.58. The van der Waals surface area contributed by atoms with Crippen molar-refractivity contribution in [3.05, 3.63) is 0 Å². The van der Waals surface area contributed by atoms with Gasteiger partial charge in [-0.3, -0.25) is 4.99 Å². The lowest BCUT2D eigenvalue weighted by molar-refractivity contribution is -0.125. The van der Waals surface area contributed by atoms with Crippen molar-refractivity contribution in [2.75, 3.05) is 13.2 Å². The summed E-state index contributed by atoms with van der Waals surface area (Å²) >= 11 is 0. The van der Waals surface area contributed by atoms with E-state index < -0.39 is 0 Å². The van der Waals surface area contributed by atoms with E-state index in [9.17, 15) is 0 Å². The zero-order valence-electron chi connectivity index (χ0n) is 12.9. The van der Waals surface area contributed by atoms with Gasteiger partial charge in [-0.05, 0) is 32.6 Å². The molecule has 2 unspecified atom stereocenters. The van der Waals surface area contributed by atoms with Crippen LogP contribution in [0.25, 0.3) is 0 Å². The number of guanidine groups is 1. The lowest BCUT2D eigenvalue weighted by Gasteiger charge is -2.54. The molecule has 0 saturated heterocycles. The van der Waals surface area contributed by atoms with Crippen LogP contribution in [0.1, 0.15) is 58.8 Å². The number of rotatable bonds is 6. The standard InChI is InChI=1S/C15H29N3O.HI/c1-3-5-10-17-14(16)18-12-11-13(19-4-2)15(12)8-6-7-9-15;/h12-13H,3-11H2,1-2H3,(H3,16,17,18);1H. The van der Waals surface area contributed by atoms with Crippen LogP contribution in [-0.4, -0.2) is 31.3 Å². The summed E-state index contributed by atoms with van der Waals surface area (Å²) in [6, 6.07) is 0.469. The Morgan fingerprint density at radius 1 is 1.35 bits per heavy atom. The molecule has 2 aliphatic carbocycles. The first-order valence-electron chi connectivity index (χ1n) is 7.91. The summed E-state index contributed by atoms with van der Waals surface area (Å²) in [6.45, 7) is 5.92. The zero-order valence-corrected chi connectivity index (χ0v) is 15.2. The molecule has 0 amide bonds. The van der Waals surface area contributed by atoms with Gasteiger partial charge in [0.1, 0.15) is 0 Å². The van der Waals surface area contributed by atoms with Gasteiger partial charge in [-0.1, -0.05) is 26.2 Å². The van der Waals surface area contributed by atoms with Gasteiger partial charge in [0.05, 0.1) is 6.10 Å². The number of aliphatic imine (C=N–C) groups is 1. The molecule has 4 nitrogen and oxygen atoms in total. The van der Waals surface area contributed by atoms with Crippen molar-refractivity contribution < 1.29 is 4.74 Å². The Morgan fingerprint density at radius 2 is 2.05 bits per heavy atom. The summed E-state index contributed by atoms with van der Waals surface area (Å²) in [6.07, 6.45) is 8.99. The molecule has 2 saturated carbocycles. The maximum Gasteiger partial charge on any atom is 0.188 e. The van der Waals surface area contributed by atoms with E-state index in [2.05, 4.69) is 24.2 Å². The molecule has 0 aromatic rings. The average molecular weight is 395 g/mol. The Balaban J connectivity index is 0.00000200. The van der Waals surface area contributed by atoms with E-state index in [4.69, 9.17) is 10.5 Å².